The van der Waals surface area contributed by atoms with Crippen molar-refractivity contribution in [3.8, 4) is 0 Å². The lowest BCUT2D eigenvalue weighted by Gasteiger charge is -2.11. The molecule has 0 radical (unpaired) electrons. The average Bonchev–Trinajstić information content (AvgIpc) is 3.19. The van der Waals surface area contributed by atoms with Gasteiger partial charge in [-0.15, -0.1) is 0 Å². The highest BCUT2D eigenvalue weighted by Crippen LogP contribution is 2.27. The van der Waals surface area contributed by atoms with Crippen molar-refractivity contribution in [1.29, 1.82) is 0 Å². The fourth-order valence-corrected chi connectivity index (χ4v) is 1.67. The molecule has 0 bridgehead atoms. The lowest BCUT2D eigenvalue weighted by molar-refractivity contribution is 0.0947. The molecule has 5 nitrogen and oxygen atoms in total. The summed E-state index contributed by atoms with van der Waals surface area (Å²) in [4.78, 5) is 20.7. The van der Waals surface area contributed by atoms with Crippen molar-refractivity contribution >= 4 is 11.6 Å². The number of carbonyl (C=O) groups excluding carboxylic acids is 1. The zero-order chi connectivity index (χ0) is 13.1. The Bertz CT molecular complexity index is 441. The average molecular weight is 248 g/mol. The second-order valence-electron chi connectivity index (χ2n) is 5.05. The van der Waals surface area contributed by atoms with Crippen LogP contribution in [0.25, 0.3) is 0 Å². The van der Waals surface area contributed by atoms with Crippen molar-refractivity contribution in [1.82, 2.24) is 15.3 Å². The van der Waals surface area contributed by atoms with Crippen LogP contribution in [-0.2, 0) is 0 Å². The van der Waals surface area contributed by atoms with E-state index in [0.29, 0.717) is 23.1 Å². The van der Waals surface area contributed by atoms with Gasteiger partial charge < -0.3 is 10.6 Å². The van der Waals surface area contributed by atoms with Crippen molar-refractivity contribution in [3.05, 3.63) is 17.7 Å². The first kappa shape index (κ1) is 12.8. The van der Waals surface area contributed by atoms with Gasteiger partial charge in [-0.05, 0) is 18.8 Å². The molecule has 0 unspecified atom stereocenters. The van der Waals surface area contributed by atoms with Gasteiger partial charge in [0.2, 0.25) is 0 Å². The molecule has 5 heteroatoms. The normalized spacial score (nSPS) is 14.7. The predicted molar refractivity (Wildman–Crippen MR) is 70.7 cm³/mol. The summed E-state index contributed by atoms with van der Waals surface area (Å²) in [5, 5.41) is 5.89. The molecule has 0 aliphatic heterocycles. The third-order valence-electron chi connectivity index (χ3n) is 3.06. The number of hydrogen-bond donors (Lipinski definition) is 2. The molecule has 98 valence electrons. The molecule has 2 rings (SSSR count). The maximum absolute atomic E-state index is 12.1. The topological polar surface area (TPSA) is 66.9 Å². The van der Waals surface area contributed by atoms with Crippen LogP contribution >= 0.6 is 0 Å². The Kier molecular flexibility index (Phi) is 3.79. The molecule has 1 aromatic rings. The third kappa shape index (κ3) is 2.97. The maximum atomic E-state index is 12.1. The number of rotatable bonds is 5. The summed E-state index contributed by atoms with van der Waals surface area (Å²) in [6.45, 7) is 4.78. The van der Waals surface area contributed by atoms with Gasteiger partial charge in [0.25, 0.3) is 5.91 Å². The summed E-state index contributed by atoms with van der Waals surface area (Å²) in [7, 11) is 1.77. The molecule has 18 heavy (non-hydrogen) atoms. The van der Waals surface area contributed by atoms with Crippen molar-refractivity contribution in [2.75, 3.05) is 18.9 Å². The monoisotopic (exact) mass is 248 g/mol. The van der Waals surface area contributed by atoms with Gasteiger partial charge in [0, 0.05) is 19.5 Å². The summed E-state index contributed by atoms with van der Waals surface area (Å²) >= 11 is 0. The van der Waals surface area contributed by atoms with Gasteiger partial charge >= 0.3 is 0 Å². The molecule has 1 aliphatic carbocycles. The number of carbonyl (C=O) groups is 1. The molecule has 1 aliphatic rings. The molecule has 1 amide bonds. The van der Waals surface area contributed by atoms with E-state index in [1.165, 1.54) is 12.8 Å². The summed E-state index contributed by atoms with van der Waals surface area (Å²) in [6.07, 6.45) is 4.12. The Hall–Kier alpha value is -1.65. The standard InChI is InChI=1S/C13H20N4O/c1-8(2)12-15-7-10(14-3)11(17-12)13(18)16-6-9-4-5-9/h7-9,14H,4-6H2,1-3H3,(H,16,18). The highest BCUT2D eigenvalue weighted by atomic mass is 16.1. The first-order valence-corrected chi connectivity index (χ1v) is 6.44. The van der Waals surface area contributed by atoms with E-state index < -0.39 is 0 Å². The largest absolute Gasteiger partial charge is 0.385 e. The Morgan fingerprint density at radius 1 is 1.50 bits per heavy atom. The fourth-order valence-electron chi connectivity index (χ4n) is 1.67. The van der Waals surface area contributed by atoms with E-state index in [-0.39, 0.29) is 11.8 Å². The number of nitrogens with zero attached hydrogens (tertiary/aromatic N) is 2. The van der Waals surface area contributed by atoms with Crippen LogP contribution in [0.15, 0.2) is 6.20 Å². The first-order chi connectivity index (χ1) is 8.61. The van der Waals surface area contributed by atoms with E-state index in [2.05, 4.69) is 20.6 Å². The van der Waals surface area contributed by atoms with Crippen LogP contribution in [0.3, 0.4) is 0 Å². The maximum Gasteiger partial charge on any atom is 0.272 e. The van der Waals surface area contributed by atoms with Crippen LogP contribution in [0.1, 0.15) is 48.9 Å². The summed E-state index contributed by atoms with van der Waals surface area (Å²) in [5.74, 6) is 1.46. The third-order valence-corrected chi connectivity index (χ3v) is 3.06. The highest BCUT2D eigenvalue weighted by Gasteiger charge is 2.23. The van der Waals surface area contributed by atoms with Crippen LogP contribution in [0.4, 0.5) is 5.69 Å². The van der Waals surface area contributed by atoms with E-state index in [4.69, 9.17) is 0 Å². The smallest absolute Gasteiger partial charge is 0.272 e. The fraction of sp³-hybridized carbons (Fsp3) is 0.615. The van der Waals surface area contributed by atoms with E-state index in [9.17, 15) is 4.79 Å². The minimum absolute atomic E-state index is 0.115. The molecule has 1 fully saturated rings. The van der Waals surface area contributed by atoms with Gasteiger partial charge in [-0.1, -0.05) is 13.8 Å². The molecule has 2 N–H and O–H groups in total. The second kappa shape index (κ2) is 5.33. The van der Waals surface area contributed by atoms with Crippen molar-refractivity contribution in [2.24, 2.45) is 5.92 Å². The molecule has 0 spiro atoms. The molecule has 1 aromatic heterocycles. The number of amides is 1. The van der Waals surface area contributed by atoms with Crippen molar-refractivity contribution < 1.29 is 4.79 Å². The molecule has 0 saturated heterocycles. The van der Waals surface area contributed by atoms with Crippen LogP contribution in [0.2, 0.25) is 0 Å². The van der Waals surface area contributed by atoms with E-state index in [1.807, 2.05) is 13.8 Å². The Labute approximate surface area is 107 Å². The molecule has 0 aromatic carbocycles. The zero-order valence-corrected chi connectivity index (χ0v) is 11.2. The quantitative estimate of drug-likeness (QED) is 0.833. The van der Waals surface area contributed by atoms with Gasteiger partial charge in [0.15, 0.2) is 5.69 Å². The Morgan fingerprint density at radius 3 is 2.78 bits per heavy atom. The van der Waals surface area contributed by atoms with Crippen LogP contribution < -0.4 is 10.6 Å². The lowest BCUT2D eigenvalue weighted by Crippen LogP contribution is -2.27. The van der Waals surface area contributed by atoms with E-state index >= 15 is 0 Å². The second-order valence-corrected chi connectivity index (χ2v) is 5.05. The van der Waals surface area contributed by atoms with Gasteiger partial charge in [-0.3, -0.25) is 4.79 Å². The number of nitrogens with one attached hydrogen (secondary N) is 2. The van der Waals surface area contributed by atoms with Gasteiger partial charge in [-0.2, -0.15) is 0 Å². The minimum Gasteiger partial charge on any atom is -0.385 e. The summed E-state index contributed by atoms with van der Waals surface area (Å²) in [5.41, 5.74) is 1.12. The van der Waals surface area contributed by atoms with Crippen molar-refractivity contribution in [3.63, 3.8) is 0 Å². The molecule has 0 atom stereocenters. The highest BCUT2D eigenvalue weighted by molar-refractivity contribution is 5.97. The van der Waals surface area contributed by atoms with Crippen molar-refractivity contribution in [2.45, 2.75) is 32.6 Å². The van der Waals surface area contributed by atoms with Gasteiger partial charge in [0.05, 0.1) is 11.9 Å². The molecule has 1 saturated carbocycles. The number of hydrogen-bond acceptors (Lipinski definition) is 4. The van der Waals surface area contributed by atoms with E-state index in [0.717, 1.165) is 6.54 Å². The Balaban J connectivity index is 2.16. The summed E-state index contributed by atoms with van der Waals surface area (Å²) in [6, 6.07) is 0. The van der Waals surface area contributed by atoms with E-state index in [1.54, 1.807) is 13.2 Å². The molecule has 1 heterocycles. The molecular weight excluding hydrogens is 228 g/mol. The van der Waals surface area contributed by atoms with Crippen LogP contribution in [0, 0.1) is 5.92 Å². The minimum atomic E-state index is -0.115. The van der Waals surface area contributed by atoms with Gasteiger partial charge in [0.1, 0.15) is 5.82 Å². The lowest BCUT2D eigenvalue weighted by atomic mass is 10.2. The summed E-state index contributed by atoms with van der Waals surface area (Å²) < 4.78 is 0. The van der Waals surface area contributed by atoms with Crippen LogP contribution in [0.5, 0.6) is 0 Å². The number of anilines is 1. The number of aromatic nitrogens is 2. The predicted octanol–water partition coefficient (Wildman–Crippen LogP) is 1.78. The van der Waals surface area contributed by atoms with Gasteiger partial charge in [-0.25, -0.2) is 9.97 Å². The molecular formula is C13H20N4O. The Morgan fingerprint density at radius 2 is 2.22 bits per heavy atom. The van der Waals surface area contributed by atoms with Crippen LogP contribution in [-0.4, -0.2) is 29.5 Å². The zero-order valence-electron chi connectivity index (χ0n) is 11.2. The first-order valence-electron chi connectivity index (χ1n) is 6.44. The SMILES string of the molecule is CNc1cnc(C(C)C)nc1C(=O)NCC1CC1.